The maximum absolute atomic E-state index is 12.4. The number of nitrogens with zero attached hydrogens (tertiary/aromatic N) is 1. The second kappa shape index (κ2) is 9.08. The highest BCUT2D eigenvalue weighted by Crippen LogP contribution is 2.35. The van der Waals surface area contributed by atoms with Crippen molar-refractivity contribution in [3.63, 3.8) is 0 Å². The minimum atomic E-state index is 0.0721. The van der Waals surface area contributed by atoms with Crippen LogP contribution in [0, 0.1) is 0 Å². The Labute approximate surface area is 165 Å². The molecule has 4 rings (SSSR count). The standard InChI is InChI=1S/C22H26N2O4/c25-22(9-6-17-4-2-1-3-5-17)23-15-19(24-10-12-26-13-11-24)18-7-8-20-21(14-18)28-16-27-20/h1-5,7-8,14,19H,6,9-13,15-16H2,(H,23,25)/t19-/m1/s1. The van der Waals surface area contributed by atoms with Crippen molar-refractivity contribution >= 4 is 5.91 Å². The van der Waals surface area contributed by atoms with Gasteiger partial charge in [-0.15, -0.1) is 0 Å². The Hall–Kier alpha value is -2.57. The first kappa shape index (κ1) is 18.8. The molecule has 0 aromatic heterocycles. The van der Waals surface area contributed by atoms with Gasteiger partial charge >= 0.3 is 0 Å². The third kappa shape index (κ3) is 4.64. The molecule has 1 atom stereocenters. The Kier molecular flexibility index (Phi) is 6.09. The average molecular weight is 382 g/mol. The quantitative estimate of drug-likeness (QED) is 0.798. The fraction of sp³-hybridized carbons (Fsp3) is 0.409. The number of carbonyl (C=O) groups excluding carboxylic acids is 1. The van der Waals surface area contributed by atoms with Crippen molar-refractivity contribution in [2.45, 2.75) is 18.9 Å². The molecular formula is C22H26N2O4. The van der Waals surface area contributed by atoms with E-state index in [-0.39, 0.29) is 18.7 Å². The molecule has 2 aliphatic rings. The van der Waals surface area contributed by atoms with Gasteiger partial charge < -0.3 is 19.5 Å². The van der Waals surface area contributed by atoms with Crippen LogP contribution in [-0.2, 0) is 16.0 Å². The van der Waals surface area contributed by atoms with Crippen LogP contribution in [-0.4, -0.2) is 50.4 Å². The summed E-state index contributed by atoms with van der Waals surface area (Å²) in [5.41, 5.74) is 2.30. The summed E-state index contributed by atoms with van der Waals surface area (Å²) in [6, 6.07) is 16.2. The molecule has 0 spiro atoms. The molecule has 1 saturated heterocycles. The second-order valence-corrected chi connectivity index (χ2v) is 7.07. The van der Waals surface area contributed by atoms with Gasteiger partial charge in [-0.1, -0.05) is 36.4 Å². The van der Waals surface area contributed by atoms with E-state index < -0.39 is 0 Å². The average Bonchev–Trinajstić information content (AvgIpc) is 3.22. The molecule has 1 N–H and O–H groups in total. The van der Waals surface area contributed by atoms with E-state index in [1.165, 1.54) is 5.56 Å². The fourth-order valence-corrected chi connectivity index (χ4v) is 3.67. The first-order valence-electron chi connectivity index (χ1n) is 9.81. The lowest BCUT2D eigenvalue weighted by atomic mass is 10.0. The summed E-state index contributed by atoms with van der Waals surface area (Å²) in [6.07, 6.45) is 1.24. The van der Waals surface area contributed by atoms with E-state index in [2.05, 4.69) is 28.4 Å². The first-order chi connectivity index (χ1) is 13.8. The van der Waals surface area contributed by atoms with Crippen LogP contribution in [0.4, 0.5) is 0 Å². The summed E-state index contributed by atoms with van der Waals surface area (Å²) < 4.78 is 16.5. The predicted molar refractivity (Wildman–Crippen MR) is 105 cm³/mol. The zero-order chi connectivity index (χ0) is 19.2. The predicted octanol–water partition coefficient (Wildman–Crippen LogP) is 2.54. The SMILES string of the molecule is O=C(CCc1ccccc1)NC[C@H](c1ccc2c(c1)OCO2)N1CCOCC1. The number of rotatable bonds is 7. The van der Waals surface area contributed by atoms with Gasteiger partial charge in [0.25, 0.3) is 0 Å². The maximum atomic E-state index is 12.4. The summed E-state index contributed by atoms with van der Waals surface area (Å²) >= 11 is 0. The molecule has 1 fully saturated rings. The highest BCUT2D eigenvalue weighted by Gasteiger charge is 2.25. The lowest BCUT2D eigenvalue weighted by Gasteiger charge is -2.35. The Balaban J connectivity index is 1.40. The Morgan fingerprint density at radius 1 is 1.04 bits per heavy atom. The molecule has 2 aromatic rings. The molecule has 0 saturated carbocycles. The van der Waals surface area contributed by atoms with Crippen molar-refractivity contribution in [1.82, 2.24) is 10.2 Å². The number of hydrogen-bond acceptors (Lipinski definition) is 5. The molecular weight excluding hydrogens is 356 g/mol. The normalized spacial score (nSPS) is 17.3. The van der Waals surface area contributed by atoms with Crippen LogP contribution in [0.2, 0.25) is 0 Å². The summed E-state index contributed by atoms with van der Waals surface area (Å²) in [6.45, 7) is 3.94. The number of nitrogens with one attached hydrogen (secondary N) is 1. The summed E-state index contributed by atoms with van der Waals surface area (Å²) in [5, 5.41) is 3.12. The van der Waals surface area contributed by atoms with Gasteiger partial charge in [0.2, 0.25) is 12.7 Å². The van der Waals surface area contributed by atoms with Crippen LogP contribution in [0.3, 0.4) is 0 Å². The smallest absolute Gasteiger partial charge is 0.231 e. The van der Waals surface area contributed by atoms with Crippen molar-refractivity contribution < 1.29 is 19.0 Å². The van der Waals surface area contributed by atoms with E-state index in [4.69, 9.17) is 14.2 Å². The van der Waals surface area contributed by atoms with Crippen LogP contribution in [0.15, 0.2) is 48.5 Å². The zero-order valence-corrected chi connectivity index (χ0v) is 15.9. The zero-order valence-electron chi connectivity index (χ0n) is 15.9. The minimum Gasteiger partial charge on any atom is -0.454 e. The van der Waals surface area contributed by atoms with Gasteiger partial charge in [0.05, 0.1) is 19.3 Å². The Bertz CT molecular complexity index is 790. The number of morpholine rings is 1. The molecule has 2 aliphatic heterocycles. The summed E-state index contributed by atoms with van der Waals surface area (Å²) in [4.78, 5) is 14.8. The van der Waals surface area contributed by atoms with Crippen LogP contribution >= 0.6 is 0 Å². The lowest BCUT2D eigenvalue weighted by molar-refractivity contribution is -0.121. The monoisotopic (exact) mass is 382 g/mol. The molecule has 1 amide bonds. The largest absolute Gasteiger partial charge is 0.454 e. The minimum absolute atomic E-state index is 0.0721. The molecule has 0 radical (unpaired) electrons. The number of aryl methyl sites for hydroxylation is 1. The van der Waals surface area contributed by atoms with E-state index in [9.17, 15) is 4.79 Å². The van der Waals surface area contributed by atoms with Crippen molar-refractivity contribution in [2.24, 2.45) is 0 Å². The van der Waals surface area contributed by atoms with E-state index in [0.29, 0.717) is 26.2 Å². The molecule has 2 aromatic carbocycles. The second-order valence-electron chi connectivity index (χ2n) is 7.07. The maximum Gasteiger partial charge on any atom is 0.231 e. The molecule has 0 bridgehead atoms. The van der Waals surface area contributed by atoms with E-state index >= 15 is 0 Å². The van der Waals surface area contributed by atoms with Gasteiger partial charge in [0.1, 0.15) is 0 Å². The van der Waals surface area contributed by atoms with E-state index in [1.54, 1.807) is 0 Å². The Morgan fingerprint density at radius 2 is 1.82 bits per heavy atom. The highest BCUT2D eigenvalue weighted by atomic mass is 16.7. The number of benzene rings is 2. The number of ether oxygens (including phenoxy) is 3. The third-order valence-corrected chi connectivity index (χ3v) is 5.24. The Morgan fingerprint density at radius 3 is 2.64 bits per heavy atom. The van der Waals surface area contributed by atoms with Gasteiger partial charge in [0, 0.05) is 26.1 Å². The summed E-state index contributed by atoms with van der Waals surface area (Å²) in [7, 11) is 0. The fourth-order valence-electron chi connectivity index (χ4n) is 3.67. The summed E-state index contributed by atoms with van der Waals surface area (Å²) in [5.74, 6) is 1.62. The van der Waals surface area contributed by atoms with Crippen molar-refractivity contribution in [3.8, 4) is 11.5 Å². The number of fused-ring (bicyclic) bond motifs is 1. The van der Waals surface area contributed by atoms with Crippen LogP contribution in [0.25, 0.3) is 0 Å². The lowest BCUT2D eigenvalue weighted by Crippen LogP contribution is -2.43. The molecule has 148 valence electrons. The van der Waals surface area contributed by atoms with E-state index in [0.717, 1.165) is 36.6 Å². The highest BCUT2D eigenvalue weighted by molar-refractivity contribution is 5.76. The number of carbonyl (C=O) groups is 1. The van der Waals surface area contributed by atoms with Gasteiger partial charge in [-0.3, -0.25) is 9.69 Å². The molecule has 2 heterocycles. The topological polar surface area (TPSA) is 60.0 Å². The molecule has 0 unspecified atom stereocenters. The number of amides is 1. The molecule has 28 heavy (non-hydrogen) atoms. The first-order valence-corrected chi connectivity index (χ1v) is 9.81. The van der Waals surface area contributed by atoms with Crippen molar-refractivity contribution in [2.75, 3.05) is 39.6 Å². The van der Waals surface area contributed by atoms with Gasteiger partial charge in [-0.2, -0.15) is 0 Å². The number of hydrogen-bond donors (Lipinski definition) is 1. The van der Waals surface area contributed by atoms with Gasteiger partial charge in [0.15, 0.2) is 11.5 Å². The van der Waals surface area contributed by atoms with Crippen LogP contribution < -0.4 is 14.8 Å². The molecule has 6 nitrogen and oxygen atoms in total. The van der Waals surface area contributed by atoms with E-state index in [1.807, 2.05) is 30.3 Å². The molecule has 6 heteroatoms. The van der Waals surface area contributed by atoms with Crippen LogP contribution in [0.5, 0.6) is 11.5 Å². The van der Waals surface area contributed by atoms with Crippen LogP contribution in [0.1, 0.15) is 23.6 Å². The molecule has 0 aliphatic carbocycles. The van der Waals surface area contributed by atoms with Crippen molar-refractivity contribution in [3.05, 3.63) is 59.7 Å². The van der Waals surface area contributed by atoms with Crippen molar-refractivity contribution in [1.29, 1.82) is 0 Å². The van der Waals surface area contributed by atoms with Gasteiger partial charge in [-0.25, -0.2) is 0 Å². The van der Waals surface area contributed by atoms with Gasteiger partial charge in [-0.05, 0) is 29.7 Å². The third-order valence-electron chi connectivity index (χ3n) is 5.24.